The van der Waals surface area contributed by atoms with Gasteiger partial charge in [0.2, 0.25) is 0 Å². The second kappa shape index (κ2) is 5.82. The van der Waals surface area contributed by atoms with Crippen molar-refractivity contribution in [3.63, 3.8) is 0 Å². The third-order valence-corrected chi connectivity index (χ3v) is 3.13. The number of carbonyl (C=O) groups excluding carboxylic acids is 1. The zero-order valence-electron chi connectivity index (χ0n) is 10.6. The first kappa shape index (κ1) is 12.8. The molecule has 0 aliphatic carbocycles. The molecule has 1 aromatic rings. The molecule has 5 nitrogen and oxygen atoms in total. The monoisotopic (exact) mass is 249 g/mol. The van der Waals surface area contributed by atoms with Crippen LogP contribution in [0.25, 0.3) is 0 Å². The smallest absolute Gasteiger partial charge is 0.253 e. The number of anilines is 1. The number of rotatable bonds is 4. The van der Waals surface area contributed by atoms with Crippen LogP contribution in [0.15, 0.2) is 12.3 Å². The number of amides is 1. The first-order valence-electron chi connectivity index (χ1n) is 6.29. The van der Waals surface area contributed by atoms with Crippen molar-refractivity contribution < 1.29 is 9.53 Å². The fraction of sp³-hybridized carbons (Fsp3) is 0.538. The van der Waals surface area contributed by atoms with E-state index >= 15 is 0 Å². The molecule has 3 N–H and O–H groups in total. The average Bonchev–Trinajstić information content (AvgIpc) is 2.85. The number of nitrogens with zero attached hydrogens (tertiary/aromatic N) is 1. The van der Waals surface area contributed by atoms with Crippen LogP contribution in [0.1, 0.15) is 35.3 Å². The van der Waals surface area contributed by atoms with E-state index < -0.39 is 0 Å². The van der Waals surface area contributed by atoms with E-state index in [4.69, 9.17) is 10.5 Å². The van der Waals surface area contributed by atoms with Crippen molar-refractivity contribution in [3.05, 3.63) is 23.5 Å². The Morgan fingerprint density at radius 2 is 2.50 bits per heavy atom. The molecule has 18 heavy (non-hydrogen) atoms. The van der Waals surface area contributed by atoms with Gasteiger partial charge in [0.1, 0.15) is 0 Å². The first-order chi connectivity index (χ1) is 8.66. The Morgan fingerprint density at radius 1 is 1.67 bits per heavy atom. The minimum absolute atomic E-state index is 0.120. The van der Waals surface area contributed by atoms with Gasteiger partial charge in [0.05, 0.1) is 29.2 Å². The molecular weight excluding hydrogens is 230 g/mol. The van der Waals surface area contributed by atoms with Crippen molar-refractivity contribution in [3.8, 4) is 0 Å². The van der Waals surface area contributed by atoms with Gasteiger partial charge in [-0.3, -0.25) is 9.78 Å². The van der Waals surface area contributed by atoms with Crippen LogP contribution in [0.3, 0.4) is 0 Å². The van der Waals surface area contributed by atoms with Gasteiger partial charge in [0.25, 0.3) is 5.91 Å². The molecule has 1 fully saturated rings. The van der Waals surface area contributed by atoms with E-state index in [9.17, 15) is 4.79 Å². The summed E-state index contributed by atoms with van der Waals surface area (Å²) in [4.78, 5) is 16.0. The fourth-order valence-corrected chi connectivity index (χ4v) is 2.09. The Labute approximate surface area is 107 Å². The molecule has 0 aromatic carbocycles. The lowest BCUT2D eigenvalue weighted by Gasteiger charge is -2.11. The molecule has 1 amide bonds. The predicted molar refractivity (Wildman–Crippen MR) is 69.3 cm³/mol. The molecule has 0 spiro atoms. The normalized spacial score (nSPS) is 18.8. The molecule has 98 valence electrons. The third-order valence-electron chi connectivity index (χ3n) is 3.13. The van der Waals surface area contributed by atoms with Crippen molar-refractivity contribution in [2.75, 3.05) is 18.9 Å². The highest BCUT2D eigenvalue weighted by atomic mass is 16.5. The lowest BCUT2D eigenvalue weighted by Crippen LogP contribution is -2.27. The van der Waals surface area contributed by atoms with Crippen LogP contribution in [0, 0.1) is 6.92 Å². The van der Waals surface area contributed by atoms with Crippen LogP contribution >= 0.6 is 0 Å². The Morgan fingerprint density at radius 3 is 3.22 bits per heavy atom. The number of hydrogen-bond donors (Lipinski definition) is 2. The molecule has 0 bridgehead atoms. The van der Waals surface area contributed by atoms with E-state index in [0.717, 1.165) is 25.9 Å². The largest absolute Gasteiger partial charge is 0.397 e. The summed E-state index contributed by atoms with van der Waals surface area (Å²) in [5.74, 6) is -0.120. The number of nitrogens with two attached hydrogens (primary N) is 1. The summed E-state index contributed by atoms with van der Waals surface area (Å²) < 4.78 is 5.50. The Bertz CT molecular complexity index is 428. The number of nitrogen functional groups attached to an aromatic ring is 1. The minimum Gasteiger partial charge on any atom is -0.397 e. The maximum Gasteiger partial charge on any atom is 0.253 e. The highest BCUT2D eigenvalue weighted by molar-refractivity contribution is 5.95. The number of pyridine rings is 1. The molecular formula is C13H19N3O2. The summed E-state index contributed by atoms with van der Waals surface area (Å²) >= 11 is 0. The molecule has 1 aliphatic heterocycles. The summed E-state index contributed by atoms with van der Waals surface area (Å²) in [6.07, 6.45) is 4.93. The van der Waals surface area contributed by atoms with E-state index in [-0.39, 0.29) is 5.91 Å². The van der Waals surface area contributed by atoms with Crippen molar-refractivity contribution in [2.24, 2.45) is 0 Å². The van der Waals surface area contributed by atoms with Gasteiger partial charge in [-0.25, -0.2) is 0 Å². The molecule has 1 aromatic heterocycles. The topological polar surface area (TPSA) is 77.2 Å². The lowest BCUT2D eigenvalue weighted by atomic mass is 10.1. The van der Waals surface area contributed by atoms with Crippen LogP contribution in [-0.4, -0.2) is 30.1 Å². The van der Waals surface area contributed by atoms with Crippen LogP contribution in [0.4, 0.5) is 5.69 Å². The van der Waals surface area contributed by atoms with E-state index in [1.165, 1.54) is 0 Å². The molecule has 0 saturated carbocycles. The van der Waals surface area contributed by atoms with Crippen LogP contribution < -0.4 is 11.1 Å². The van der Waals surface area contributed by atoms with Gasteiger partial charge in [0, 0.05) is 13.2 Å². The van der Waals surface area contributed by atoms with Crippen LogP contribution in [0.2, 0.25) is 0 Å². The molecule has 2 heterocycles. The zero-order chi connectivity index (χ0) is 13.0. The molecule has 0 radical (unpaired) electrons. The van der Waals surface area contributed by atoms with Crippen LogP contribution in [0.5, 0.6) is 0 Å². The number of carbonyl (C=O) groups is 1. The average molecular weight is 249 g/mol. The quantitative estimate of drug-likeness (QED) is 0.842. The maximum absolute atomic E-state index is 11.9. The third kappa shape index (κ3) is 3.20. The predicted octanol–water partition coefficient (Wildman–Crippen LogP) is 1.27. The van der Waals surface area contributed by atoms with Crippen molar-refractivity contribution in [1.82, 2.24) is 10.3 Å². The van der Waals surface area contributed by atoms with E-state index in [0.29, 0.717) is 29.6 Å². The van der Waals surface area contributed by atoms with E-state index in [2.05, 4.69) is 10.3 Å². The first-order valence-corrected chi connectivity index (χ1v) is 6.29. The lowest BCUT2D eigenvalue weighted by molar-refractivity contribution is 0.0906. The SMILES string of the molecule is Cc1ncc(N)cc1C(=O)NCCC1CCCO1. The van der Waals surface area contributed by atoms with Crippen molar-refractivity contribution in [2.45, 2.75) is 32.3 Å². The van der Waals surface area contributed by atoms with Gasteiger partial charge in [-0.2, -0.15) is 0 Å². The Balaban J connectivity index is 1.85. The van der Waals surface area contributed by atoms with Gasteiger partial charge in [0.15, 0.2) is 0 Å². The molecule has 2 rings (SSSR count). The molecule has 1 aliphatic rings. The number of aryl methyl sites for hydroxylation is 1. The Hall–Kier alpha value is -1.62. The van der Waals surface area contributed by atoms with Crippen molar-refractivity contribution >= 4 is 11.6 Å². The molecule has 1 atom stereocenters. The summed E-state index contributed by atoms with van der Waals surface area (Å²) in [6.45, 7) is 3.27. The minimum atomic E-state index is -0.120. The number of aromatic nitrogens is 1. The van der Waals surface area contributed by atoms with E-state index in [1.807, 2.05) is 0 Å². The van der Waals surface area contributed by atoms with Gasteiger partial charge in [-0.15, -0.1) is 0 Å². The van der Waals surface area contributed by atoms with Crippen molar-refractivity contribution in [1.29, 1.82) is 0 Å². The maximum atomic E-state index is 11.9. The summed E-state index contributed by atoms with van der Waals surface area (Å²) in [5.41, 5.74) is 7.37. The summed E-state index contributed by atoms with van der Waals surface area (Å²) in [7, 11) is 0. The second-order valence-corrected chi connectivity index (χ2v) is 4.58. The standard InChI is InChI=1S/C13H19N3O2/c1-9-12(7-10(14)8-16-9)13(17)15-5-4-11-3-2-6-18-11/h7-8,11H,2-6,14H2,1H3,(H,15,17). The highest BCUT2D eigenvalue weighted by Gasteiger charge is 2.16. The molecule has 1 saturated heterocycles. The van der Waals surface area contributed by atoms with E-state index in [1.54, 1.807) is 19.2 Å². The Kier molecular flexibility index (Phi) is 4.15. The zero-order valence-corrected chi connectivity index (χ0v) is 10.6. The van der Waals surface area contributed by atoms with Gasteiger partial charge >= 0.3 is 0 Å². The number of nitrogens with one attached hydrogen (secondary N) is 1. The van der Waals surface area contributed by atoms with Crippen LogP contribution in [-0.2, 0) is 4.74 Å². The summed E-state index contributed by atoms with van der Waals surface area (Å²) in [6, 6.07) is 1.66. The fourth-order valence-electron chi connectivity index (χ4n) is 2.09. The van der Waals surface area contributed by atoms with Gasteiger partial charge in [-0.05, 0) is 32.3 Å². The number of hydrogen-bond acceptors (Lipinski definition) is 4. The summed E-state index contributed by atoms with van der Waals surface area (Å²) in [5, 5.41) is 2.88. The molecule has 5 heteroatoms. The highest BCUT2D eigenvalue weighted by Crippen LogP contribution is 2.14. The molecule has 1 unspecified atom stereocenters. The second-order valence-electron chi connectivity index (χ2n) is 4.58. The van der Waals surface area contributed by atoms with Gasteiger partial charge < -0.3 is 15.8 Å². The number of ether oxygens (including phenoxy) is 1. The van der Waals surface area contributed by atoms with Gasteiger partial charge in [-0.1, -0.05) is 0 Å².